The normalized spacial score (nSPS) is 25.1. The predicted octanol–water partition coefficient (Wildman–Crippen LogP) is 0.973. The molecule has 0 bridgehead atoms. The Balaban J connectivity index is 2.02. The van der Waals surface area contributed by atoms with Gasteiger partial charge in [-0.15, -0.1) is 0 Å². The molecule has 0 radical (unpaired) electrons. The molecule has 20 heavy (non-hydrogen) atoms. The molecule has 2 aliphatic heterocycles. The zero-order valence-corrected chi connectivity index (χ0v) is 12.7. The summed E-state index contributed by atoms with van der Waals surface area (Å²) in [6.45, 7) is 6.24. The number of amides is 2. The third-order valence-corrected chi connectivity index (χ3v) is 4.49. The number of carbonyl (C=O) groups is 2. The Morgan fingerprint density at radius 3 is 2.30 bits per heavy atom. The number of carbonyl (C=O) groups excluding carboxylic acids is 2. The van der Waals surface area contributed by atoms with Gasteiger partial charge in [-0.25, -0.2) is 0 Å². The van der Waals surface area contributed by atoms with Crippen LogP contribution in [0.5, 0.6) is 0 Å². The van der Waals surface area contributed by atoms with Crippen LogP contribution in [0.25, 0.3) is 0 Å². The first-order valence-electron chi connectivity index (χ1n) is 7.87. The highest BCUT2D eigenvalue weighted by molar-refractivity contribution is 5.90. The molecular weight excluding hydrogens is 254 g/mol. The van der Waals surface area contributed by atoms with Crippen molar-refractivity contribution in [2.45, 2.75) is 58.0 Å². The average Bonchev–Trinajstić information content (AvgIpc) is 2.95. The summed E-state index contributed by atoms with van der Waals surface area (Å²) in [5.74, 6) is 0.174. The highest BCUT2D eigenvalue weighted by atomic mass is 16.2. The summed E-state index contributed by atoms with van der Waals surface area (Å²) in [5, 5.41) is 0. The third kappa shape index (κ3) is 3.14. The summed E-state index contributed by atoms with van der Waals surface area (Å²) in [7, 11) is 0. The molecule has 0 unspecified atom stereocenters. The number of nitrogens with zero attached hydrogens (tertiary/aromatic N) is 2. The molecule has 5 nitrogen and oxygen atoms in total. The Hall–Kier alpha value is -1.10. The van der Waals surface area contributed by atoms with Gasteiger partial charge in [0.25, 0.3) is 0 Å². The lowest BCUT2D eigenvalue weighted by molar-refractivity contribution is -0.145. The summed E-state index contributed by atoms with van der Waals surface area (Å²) in [6.07, 6.45) is 5.05. The van der Waals surface area contributed by atoms with Crippen molar-refractivity contribution in [3.8, 4) is 0 Å². The molecular formula is C15H27N3O2. The van der Waals surface area contributed by atoms with Gasteiger partial charge in [-0.2, -0.15) is 0 Å². The van der Waals surface area contributed by atoms with Gasteiger partial charge in [-0.05, 0) is 38.0 Å². The van der Waals surface area contributed by atoms with E-state index in [9.17, 15) is 9.59 Å². The van der Waals surface area contributed by atoms with Gasteiger partial charge in [0.05, 0.1) is 6.04 Å². The molecule has 0 aromatic rings. The van der Waals surface area contributed by atoms with Gasteiger partial charge >= 0.3 is 0 Å². The van der Waals surface area contributed by atoms with Crippen molar-refractivity contribution >= 4 is 11.8 Å². The van der Waals surface area contributed by atoms with E-state index in [4.69, 9.17) is 5.73 Å². The van der Waals surface area contributed by atoms with Crippen molar-refractivity contribution in [2.24, 2.45) is 11.7 Å². The Morgan fingerprint density at radius 2 is 1.70 bits per heavy atom. The lowest BCUT2D eigenvalue weighted by Crippen LogP contribution is -2.54. The summed E-state index contributed by atoms with van der Waals surface area (Å²) in [6, 6.07) is -0.768. The molecule has 114 valence electrons. The van der Waals surface area contributed by atoms with Gasteiger partial charge in [0, 0.05) is 19.6 Å². The van der Waals surface area contributed by atoms with E-state index in [2.05, 4.69) is 0 Å². The second kappa shape index (κ2) is 6.57. The van der Waals surface area contributed by atoms with E-state index >= 15 is 0 Å². The van der Waals surface area contributed by atoms with Crippen molar-refractivity contribution in [1.82, 2.24) is 9.80 Å². The molecule has 0 aromatic heterocycles. The van der Waals surface area contributed by atoms with Crippen LogP contribution in [0.15, 0.2) is 0 Å². The lowest BCUT2D eigenvalue weighted by atomic mass is 10.0. The molecule has 0 aliphatic carbocycles. The Labute approximate surface area is 121 Å². The standard InChI is InChI=1S/C15H27N3O2/c1-11(2)13(16)15(20)18-10-6-7-12(18)14(19)17-8-4-3-5-9-17/h11-13H,3-10,16H2,1-2H3/t12-,13-/m0/s1. The maximum absolute atomic E-state index is 12.6. The molecule has 2 fully saturated rings. The zero-order valence-electron chi connectivity index (χ0n) is 12.7. The first-order valence-corrected chi connectivity index (χ1v) is 7.87. The van der Waals surface area contributed by atoms with E-state index in [-0.39, 0.29) is 23.8 Å². The Kier molecular flexibility index (Phi) is 5.02. The van der Waals surface area contributed by atoms with Crippen LogP contribution in [0.3, 0.4) is 0 Å². The largest absolute Gasteiger partial charge is 0.341 e. The van der Waals surface area contributed by atoms with E-state index in [1.54, 1.807) is 4.90 Å². The maximum atomic E-state index is 12.6. The SMILES string of the molecule is CC(C)[C@H](N)C(=O)N1CCC[C@H]1C(=O)N1CCCCC1. The van der Waals surface area contributed by atoms with E-state index in [0.29, 0.717) is 6.54 Å². The average molecular weight is 281 g/mol. The van der Waals surface area contributed by atoms with Crippen LogP contribution in [0.4, 0.5) is 0 Å². The highest BCUT2D eigenvalue weighted by Gasteiger charge is 2.38. The lowest BCUT2D eigenvalue weighted by Gasteiger charge is -2.34. The fourth-order valence-electron chi connectivity index (χ4n) is 3.09. The minimum atomic E-state index is -0.496. The summed E-state index contributed by atoms with van der Waals surface area (Å²) >= 11 is 0. The number of nitrogens with two attached hydrogens (primary N) is 1. The smallest absolute Gasteiger partial charge is 0.245 e. The number of rotatable bonds is 3. The van der Waals surface area contributed by atoms with Crippen molar-refractivity contribution in [3.63, 3.8) is 0 Å². The van der Waals surface area contributed by atoms with Crippen molar-refractivity contribution in [1.29, 1.82) is 0 Å². The molecule has 2 heterocycles. The first kappa shape index (κ1) is 15.3. The molecule has 5 heteroatoms. The molecule has 2 rings (SSSR count). The second-order valence-corrected chi connectivity index (χ2v) is 6.35. The van der Waals surface area contributed by atoms with Crippen molar-refractivity contribution in [2.75, 3.05) is 19.6 Å². The van der Waals surface area contributed by atoms with E-state index < -0.39 is 6.04 Å². The molecule has 2 N–H and O–H groups in total. The third-order valence-electron chi connectivity index (χ3n) is 4.49. The van der Waals surface area contributed by atoms with E-state index in [0.717, 1.165) is 38.8 Å². The molecule has 2 atom stereocenters. The molecule has 2 aliphatic rings. The van der Waals surface area contributed by atoms with Crippen LogP contribution in [0, 0.1) is 5.92 Å². The maximum Gasteiger partial charge on any atom is 0.245 e. The molecule has 2 saturated heterocycles. The number of hydrogen-bond acceptors (Lipinski definition) is 3. The number of hydrogen-bond donors (Lipinski definition) is 1. The van der Waals surface area contributed by atoms with Gasteiger partial charge in [0.1, 0.15) is 6.04 Å². The quantitative estimate of drug-likeness (QED) is 0.838. The first-order chi connectivity index (χ1) is 9.52. The van der Waals surface area contributed by atoms with Crippen LogP contribution >= 0.6 is 0 Å². The van der Waals surface area contributed by atoms with Gasteiger partial charge in [0.15, 0.2) is 0 Å². The van der Waals surface area contributed by atoms with Gasteiger partial charge in [-0.1, -0.05) is 13.8 Å². The minimum Gasteiger partial charge on any atom is -0.341 e. The van der Waals surface area contributed by atoms with Crippen LogP contribution in [0.2, 0.25) is 0 Å². The predicted molar refractivity (Wildman–Crippen MR) is 78.0 cm³/mol. The molecule has 0 aromatic carbocycles. The van der Waals surface area contributed by atoms with Crippen molar-refractivity contribution in [3.05, 3.63) is 0 Å². The fourth-order valence-corrected chi connectivity index (χ4v) is 3.09. The number of likely N-dealkylation sites (tertiary alicyclic amines) is 2. The summed E-state index contributed by atoms with van der Waals surface area (Å²) in [5.41, 5.74) is 5.96. The van der Waals surface area contributed by atoms with Crippen molar-refractivity contribution < 1.29 is 9.59 Å². The molecule has 0 spiro atoms. The second-order valence-electron chi connectivity index (χ2n) is 6.35. The fraction of sp³-hybridized carbons (Fsp3) is 0.867. The van der Waals surface area contributed by atoms with Gasteiger partial charge < -0.3 is 15.5 Å². The van der Waals surface area contributed by atoms with Gasteiger partial charge in [0.2, 0.25) is 11.8 Å². The highest BCUT2D eigenvalue weighted by Crippen LogP contribution is 2.23. The van der Waals surface area contributed by atoms with Crippen LogP contribution in [-0.2, 0) is 9.59 Å². The summed E-state index contributed by atoms with van der Waals surface area (Å²) in [4.78, 5) is 28.7. The zero-order chi connectivity index (χ0) is 14.7. The van der Waals surface area contributed by atoms with Crippen LogP contribution in [-0.4, -0.2) is 53.3 Å². The monoisotopic (exact) mass is 281 g/mol. The number of piperidine rings is 1. The molecule has 2 amide bonds. The molecule has 0 saturated carbocycles. The topological polar surface area (TPSA) is 66.6 Å². The Morgan fingerprint density at radius 1 is 1.05 bits per heavy atom. The van der Waals surface area contributed by atoms with Crippen LogP contribution < -0.4 is 5.73 Å². The minimum absolute atomic E-state index is 0.0622. The van der Waals surface area contributed by atoms with E-state index in [1.807, 2.05) is 18.7 Å². The van der Waals surface area contributed by atoms with Gasteiger partial charge in [-0.3, -0.25) is 9.59 Å². The van der Waals surface area contributed by atoms with E-state index in [1.165, 1.54) is 6.42 Å². The Bertz CT molecular complexity index is 364. The van der Waals surface area contributed by atoms with Crippen LogP contribution in [0.1, 0.15) is 46.0 Å². The summed E-state index contributed by atoms with van der Waals surface area (Å²) < 4.78 is 0.